The Morgan fingerprint density at radius 2 is 1.09 bits per heavy atom. The van der Waals surface area contributed by atoms with E-state index in [1.54, 1.807) is 28.5 Å². The number of ether oxygens (including phenoxy) is 1. The molecule has 0 radical (unpaired) electrons. The number of hydrogen-bond donors (Lipinski definition) is 0. The molecule has 1 amide bonds. The average molecular weight is 622 g/mol. The van der Waals surface area contributed by atoms with E-state index in [9.17, 15) is 49.4 Å². The highest BCUT2D eigenvalue weighted by Crippen LogP contribution is 2.17. The van der Waals surface area contributed by atoms with Gasteiger partial charge in [-0.15, -0.1) is 0 Å². The van der Waals surface area contributed by atoms with E-state index < -0.39 is 66.9 Å². The molecule has 1 aliphatic heterocycles. The first kappa shape index (κ1) is 36.0. The van der Waals surface area contributed by atoms with E-state index in [1.807, 2.05) is 0 Å². The number of nitro groups is 1. The highest BCUT2D eigenvalue weighted by Gasteiger charge is 2.25. The molecule has 1 heterocycles. The first-order valence-corrected chi connectivity index (χ1v) is 14.0. The second-order valence-corrected chi connectivity index (χ2v) is 10.6. The van der Waals surface area contributed by atoms with Gasteiger partial charge in [-0.05, 0) is 26.0 Å². The van der Waals surface area contributed by atoms with Gasteiger partial charge in [0.25, 0.3) is 5.69 Å². The number of carboxylic acid groups (broad SMARTS) is 3. The average Bonchev–Trinajstić information content (AvgIpc) is 2.92. The zero-order valence-corrected chi connectivity index (χ0v) is 24.8. The summed E-state index contributed by atoms with van der Waals surface area (Å²) < 4.78 is 5.25. The lowest BCUT2D eigenvalue weighted by Gasteiger charge is -2.35. The third kappa shape index (κ3) is 13.4. The smallest absolute Gasteiger partial charge is 0.331 e. The molecule has 2 rings (SSSR count). The van der Waals surface area contributed by atoms with Crippen LogP contribution in [-0.2, 0) is 24.0 Å². The molecule has 17 nitrogen and oxygen atoms in total. The molecule has 244 valence electrons. The van der Waals surface area contributed by atoms with Crippen LogP contribution in [0.1, 0.15) is 13.8 Å². The third-order valence-corrected chi connectivity index (χ3v) is 6.87. The molecule has 1 aromatic rings. The van der Waals surface area contributed by atoms with E-state index >= 15 is 0 Å². The summed E-state index contributed by atoms with van der Waals surface area (Å²) in [5.41, 5.74) is -0.180. The molecule has 0 aromatic heterocycles. The molecule has 0 bridgehead atoms. The molecule has 17 heteroatoms. The Bertz CT molecular complexity index is 1130. The minimum Gasteiger partial charge on any atom is -0.549 e. The van der Waals surface area contributed by atoms with Gasteiger partial charge in [0, 0.05) is 90.2 Å². The number of nitrogens with zero attached hydrogens (tertiary/aromatic N) is 6. The Balaban J connectivity index is 2.16. The van der Waals surface area contributed by atoms with E-state index in [2.05, 4.69) is 0 Å². The van der Waals surface area contributed by atoms with Gasteiger partial charge < -0.3 is 39.3 Å². The largest absolute Gasteiger partial charge is 0.549 e. The van der Waals surface area contributed by atoms with E-state index in [-0.39, 0.29) is 70.3 Å². The Morgan fingerprint density at radius 3 is 1.41 bits per heavy atom. The topological polar surface area (TPSA) is 223 Å². The number of non-ortho nitro benzene ring substituents is 1. The highest BCUT2D eigenvalue weighted by atomic mass is 16.6. The molecule has 0 unspecified atom stereocenters. The Labute approximate surface area is 254 Å². The van der Waals surface area contributed by atoms with E-state index in [4.69, 9.17) is 4.74 Å². The first-order valence-electron chi connectivity index (χ1n) is 14.0. The van der Waals surface area contributed by atoms with Crippen molar-refractivity contribution in [2.24, 2.45) is 0 Å². The highest BCUT2D eigenvalue weighted by molar-refractivity contribution is 5.84. The van der Waals surface area contributed by atoms with E-state index in [0.29, 0.717) is 0 Å². The second kappa shape index (κ2) is 17.8. The molecular weight excluding hydrogens is 584 g/mol. The summed E-state index contributed by atoms with van der Waals surface area (Å²) in [6.45, 7) is 2.92. The summed E-state index contributed by atoms with van der Waals surface area (Å²) in [5, 5.41) is 44.8. The van der Waals surface area contributed by atoms with Crippen LogP contribution < -0.4 is 20.1 Å². The van der Waals surface area contributed by atoms with Gasteiger partial charge in [-0.3, -0.25) is 34.5 Å². The van der Waals surface area contributed by atoms with Gasteiger partial charge in [0.2, 0.25) is 5.91 Å². The van der Waals surface area contributed by atoms with Crippen LogP contribution in [0, 0.1) is 10.1 Å². The number of hydrogen-bond acceptors (Lipinski definition) is 15. The quantitative estimate of drug-likeness (QED) is 0.0872. The fraction of sp³-hybridized carbons (Fsp3) is 0.593. The van der Waals surface area contributed by atoms with Crippen LogP contribution in [0.4, 0.5) is 5.69 Å². The van der Waals surface area contributed by atoms with Crippen molar-refractivity contribution in [3.8, 4) is 5.75 Å². The van der Waals surface area contributed by atoms with Crippen molar-refractivity contribution in [2.45, 2.75) is 19.9 Å². The lowest BCUT2D eigenvalue weighted by atomic mass is 10.2. The monoisotopic (exact) mass is 621 g/mol. The predicted molar refractivity (Wildman–Crippen MR) is 146 cm³/mol. The predicted octanol–water partition coefficient (Wildman–Crippen LogP) is -4.79. The summed E-state index contributed by atoms with van der Waals surface area (Å²) in [4.78, 5) is 77.9. The fourth-order valence-corrected chi connectivity index (χ4v) is 4.54. The van der Waals surface area contributed by atoms with Crippen LogP contribution in [-0.4, -0.2) is 150 Å². The van der Waals surface area contributed by atoms with Crippen LogP contribution in [0.25, 0.3) is 0 Å². The van der Waals surface area contributed by atoms with Gasteiger partial charge in [0.1, 0.15) is 12.3 Å². The number of amides is 1. The number of carbonyl (C=O) groups excluding carboxylic acids is 5. The fourth-order valence-electron chi connectivity index (χ4n) is 4.54. The molecule has 0 atom stereocenters. The lowest BCUT2D eigenvalue weighted by Crippen LogP contribution is -2.52. The van der Waals surface area contributed by atoms with Crippen LogP contribution in [0.15, 0.2) is 24.3 Å². The van der Waals surface area contributed by atoms with E-state index in [0.717, 1.165) is 0 Å². The normalized spacial score (nSPS) is 16.4. The number of nitro benzene ring substituents is 1. The number of aliphatic carboxylic acids is 3. The summed E-state index contributed by atoms with van der Waals surface area (Å²) in [5.74, 6) is -5.13. The van der Waals surface area contributed by atoms with Crippen LogP contribution in [0.3, 0.4) is 0 Å². The zero-order chi connectivity index (χ0) is 32.8. The van der Waals surface area contributed by atoms with Gasteiger partial charge in [-0.25, -0.2) is 4.79 Å². The number of carbonyl (C=O) groups is 5. The second-order valence-electron chi connectivity index (χ2n) is 10.6. The molecule has 1 saturated heterocycles. The molecule has 44 heavy (non-hydrogen) atoms. The summed E-state index contributed by atoms with van der Waals surface area (Å²) in [6.07, 6.45) is 0. The van der Waals surface area contributed by atoms with Crippen molar-refractivity contribution < 1.29 is 49.0 Å². The van der Waals surface area contributed by atoms with Crippen molar-refractivity contribution >= 4 is 35.5 Å². The number of rotatable bonds is 13. The van der Waals surface area contributed by atoms with Gasteiger partial charge in [0.15, 0.2) is 0 Å². The standard InChI is InChI=1S/C27H40N6O11/c1-20(2)32(19-27(41)44-22-5-3-21(4-6-22)33(42)43)23(34)15-28-7-9-29(16-24(35)36)11-13-31(18-26(39)40)14-12-30(10-8-28)17-25(37)38/h3-6,20H,7-19H2,1-2H3,(H,35,36)(H,37,38)(H,39,40)/p-3. The summed E-state index contributed by atoms with van der Waals surface area (Å²) >= 11 is 0. The number of carboxylic acids is 3. The maximum absolute atomic E-state index is 13.4. The molecule has 1 aromatic carbocycles. The molecule has 1 fully saturated rings. The van der Waals surface area contributed by atoms with Gasteiger partial charge in [-0.1, -0.05) is 0 Å². The molecule has 0 saturated carbocycles. The van der Waals surface area contributed by atoms with Gasteiger partial charge >= 0.3 is 5.97 Å². The van der Waals surface area contributed by atoms with Crippen molar-refractivity contribution in [2.75, 3.05) is 85.1 Å². The van der Waals surface area contributed by atoms with Crippen molar-refractivity contribution in [3.05, 3.63) is 34.4 Å². The van der Waals surface area contributed by atoms with Crippen molar-refractivity contribution in [1.29, 1.82) is 0 Å². The minimum absolute atomic E-state index is 0.0685. The molecule has 1 aliphatic rings. The van der Waals surface area contributed by atoms with Gasteiger partial charge in [-0.2, -0.15) is 0 Å². The Morgan fingerprint density at radius 1 is 0.727 bits per heavy atom. The number of benzene rings is 1. The Hall–Kier alpha value is -4.19. The lowest BCUT2D eigenvalue weighted by molar-refractivity contribution is -0.384. The third-order valence-electron chi connectivity index (χ3n) is 6.87. The first-order chi connectivity index (χ1) is 20.7. The van der Waals surface area contributed by atoms with E-state index in [1.165, 1.54) is 34.1 Å². The van der Waals surface area contributed by atoms with Crippen LogP contribution >= 0.6 is 0 Å². The van der Waals surface area contributed by atoms with Crippen LogP contribution in [0.5, 0.6) is 5.75 Å². The van der Waals surface area contributed by atoms with Crippen LogP contribution in [0.2, 0.25) is 0 Å². The number of esters is 1. The Kier molecular flexibility index (Phi) is 14.6. The maximum atomic E-state index is 13.4. The molecule has 0 N–H and O–H groups in total. The zero-order valence-electron chi connectivity index (χ0n) is 24.8. The molecule has 0 aliphatic carbocycles. The van der Waals surface area contributed by atoms with Crippen molar-refractivity contribution in [1.82, 2.24) is 24.5 Å². The van der Waals surface area contributed by atoms with Gasteiger partial charge in [0.05, 0.1) is 29.4 Å². The summed E-state index contributed by atoms with van der Waals surface area (Å²) in [6, 6.07) is 4.47. The minimum atomic E-state index is -1.33. The maximum Gasteiger partial charge on any atom is 0.331 e. The molecular formula is C27H37N6O11-3. The van der Waals surface area contributed by atoms with Crippen molar-refractivity contribution in [3.63, 3.8) is 0 Å². The summed E-state index contributed by atoms with van der Waals surface area (Å²) in [7, 11) is 0. The molecule has 0 spiro atoms. The SMILES string of the molecule is CC(C)N(CC(=O)Oc1ccc([N+](=O)[O-])cc1)C(=O)CN1CCN(CC(=O)[O-])CCN(CC(=O)[O-])CCN(CC(=O)[O-])CC1.